The summed E-state index contributed by atoms with van der Waals surface area (Å²) in [5.41, 5.74) is 1.13. The summed E-state index contributed by atoms with van der Waals surface area (Å²) >= 11 is 0. The van der Waals surface area contributed by atoms with Gasteiger partial charge in [0.15, 0.2) is 0 Å². The average Bonchev–Trinajstić information content (AvgIpc) is 3.20. The molecule has 1 aliphatic carbocycles. The molecule has 0 aromatic heterocycles. The Morgan fingerprint density at radius 2 is 2.16 bits per heavy atom. The Morgan fingerprint density at radius 1 is 1.42 bits per heavy atom. The lowest BCUT2D eigenvalue weighted by molar-refractivity contribution is -0.122. The fraction of sp³-hybridized carbons (Fsp3) is 0.562. The van der Waals surface area contributed by atoms with Crippen LogP contribution in [0, 0.1) is 12.8 Å². The van der Waals surface area contributed by atoms with E-state index >= 15 is 0 Å². The minimum absolute atomic E-state index is 0.146. The van der Waals surface area contributed by atoms with E-state index in [1.54, 1.807) is 0 Å². The van der Waals surface area contributed by atoms with E-state index in [1.807, 2.05) is 31.2 Å². The molecule has 0 spiro atoms. The summed E-state index contributed by atoms with van der Waals surface area (Å²) in [4.78, 5) is 11.7. The van der Waals surface area contributed by atoms with Gasteiger partial charge in [0.25, 0.3) is 0 Å². The van der Waals surface area contributed by atoms with Crippen molar-refractivity contribution >= 4 is 5.91 Å². The van der Waals surface area contributed by atoms with E-state index in [2.05, 4.69) is 12.2 Å². The molecule has 1 aromatic carbocycles. The topological polar surface area (TPSA) is 38.3 Å². The predicted molar refractivity (Wildman–Crippen MR) is 76.2 cm³/mol. The molecule has 1 atom stereocenters. The van der Waals surface area contributed by atoms with E-state index in [4.69, 9.17) is 4.74 Å². The van der Waals surface area contributed by atoms with Gasteiger partial charge in [-0.05, 0) is 50.7 Å². The lowest BCUT2D eigenvalue weighted by Gasteiger charge is -2.13. The van der Waals surface area contributed by atoms with Crippen LogP contribution in [0.15, 0.2) is 24.3 Å². The second-order valence-electron chi connectivity index (χ2n) is 5.41. The number of rotatable bonds is 7. The van der Waals surface area contributed by atoms with Gasteiger partial charge >= 0.3 is 0 Å². The maximum atomic E-state index is 11.7. The largest absolute Gasteiger partial charge is 0.493 e. The van der Waals surface area contributed by atoms with Gasteiger partial charge in [-0.15, -0.1) is 0 Å². The molecule has 0 aliphatic heterocycles. The van der Waals surface area contributed by atoms with Crippen molar-refractivity contribution in [3.8, 4) is 5.75 Å². The summed E-state index contributed by atoms with van der Waals surface area (Å²) in [6, 6.07) is 8.29. The summed E-state index contributed by atoms with van der Waals surface area (Å²) in [5.74, 6) is 1.77. The van der Waals surface area contributed by atoms with Crippen molar-refractivity contribution in [2.45, 2.75) is 45.6 Å². The van der Waals surface area contributed by atoms with Gasteiger partial charge in [0.1, 0.15) is 5.75 Å². The van der Waals surface area contributed by atoms with Gasteiger partial charge in [-0.25, -0.2) is 0 Å². The first-order valence-electron chi connectivity index (χ1n) is 7.14. The molecule has 1 N–H and O–H groups in total. The Balaban J connectivity index is 1.61. The molecule has 104 valence electrons. The molecule has 1 fully saturated rings. The van der Waals surface area contributed by atoms with Crippen LogP contribution in [-0.4, -0.2) is 18.6 Å². The molecule has 1 aliphatic rings. The van der Waals surface area contributed by atoms with Gasteiger partial charge in [-0.3, -0.25) is 4.79 Å². The number of hydrogen-bond donors (Lipinski definition) is 1. The lowest BCUT2D eigenvalue weighted by atomic mass is 10.2. The molecule has 1 aromatic rings. The summed E-state index contributed by atoms with van der Waals surface area (Å²) in [7, 11) is 0. The minimum Gasteiger partial charge on any atom is -0.493 e. The van der Waals surface area contributed by atoms with Crippen LogP contribution >= 0.6 is 0 Å². The van der Waals surface area contributed by atoms with Gasteiger partial charge in [-0.2, -0.15) is 0 Å². The summed E-state index contributed by atoms with van der Waals surface area (Å²) in [6.45, 7) is 4.72. The highest BCUT2D eigenvalue weighted by Crippen LogP contribution is 2.32. The van der Waals surface area contributed by atoms with E-state index < -0.39 is 0 Å². The molecule has 1 amide bonds. The second kappa shape index (κ2) is 6.60. The van der Waals surface area contributed by atoms with E-state index in [0.717, 1.165) is 17.7 Å². The van der Waals surface area contributed by atoms with Gasteiger partial charge in [0.05, 0.1) is 6.61 Å². The van der Waals surface area contributed by atoms with Crippen molar-refractivity contribution in [1.82, 2.24) is 5.32 Å². The van der Waals surface area contributed by atoms with Crippen molar-refractivity contribution in [2.75, 3.05) is 6.61 Å². The molecule has 1 saturated carbocycles. The number of nitrogens with one attached hydrogen (secondary N) is 1. The SMILES string of the molecule is Cc1ccccc1OCCCC(=O)NC(C)C1CC1. The number of benzene rings is 1. The van der Waals surface area contributed by atoms with Crippen molar-refractivity contribution < 1.29 is 9.53 Å². The molecule has 0 radical (unpaired) electrons. The third-order valence-electron chi connectivity index (χ3n) is 3.62. The molecule has 19 heavy (non-hydrogen) atoms. The number of carbonyl (C=O) groups excluding carboxylic acids is 1. The van der Waals surface area contributed by atoms with E-state index in [0.29, 0.717) is 25.0 Å². The third-order valence-corrected chi connectivity index (χ3v) is 3.62. The Labute approximate surface area is 115 Å². The highest BCUT2D eigenvalue weighted by atomic mass is 16.5. The molecule has 0 saturated heterocycles. The lowest BCUT2D eigenvalue weighted by Crippen LogP contribution is -2.33. The molecular weight excluding hydrogens is 238 g/mol. The van der Waals surface area contributed by atoms with E-state index in [1.165, 1.54) is 12.8 Å². The minimum atomic E-state index is 0.146. The fourth-order valence-electron chi connectivity index (χ4n) is 2.17. The molecule has 0 heterocycles. The van der Waals surface area contributed by atoms with Crippen LogP contribution in [0.25, 0.3) is 0 Å². The fourth-order valence-corrected chi connectivity index (χ4v) is 2.17. The molecule has 1 unspecified atom stereocenters. The van der Waals surface area contributed by atoms with Gasteiger partial charge in [-0.1, -0.05) is 18.2 Å². The smallest absolute Gasteiger partial charge is 0.220 e. The first-order valence-corrected chi connectivity index (χ1v) is 7.14. The molecule has 3 heteroatoms. The number of aryl methyl sites for hydroxylation is 1. The second-order valence-corrected chi connectivity index (χ2v) is 5.41. The Kier molecular flexibility index (Phi) is 4.83. The highest BCUT2D eigenvalue weighted by molar-refractivity contribution is 5.76. The van der Waals surface area contributed by atoms with Crippen molar-refractivity contribution in [1.29, 1.82) is 0 Å². The van der Waals surface area contributed by atoms with Crippen LogP contribution in [0.3, 0.4) is 0 Å². The number of hydrogen-bond acceptors (Lipinski definition) is 2. The molecule has 3 nitrogen and oxygen atoms in total. The highest BCUT2D eigenvalue weighted by Gasteiger charge is 2.28. The molecule has 2 rings (SSSR count). The zero-order chi connectivity index (χ0) is 13.7. The number of para-hydroxylation sites is 1. The first-order chi connectivity index (χ1) is 9.16. The molecule has 0 bridgehead atoms. The number of carbonyl (C=O) groups is 1. The van der Waals surface area contributed by atoms with E-state index in [9.17, 15) is 4.79 Å². The van der Waals surface area contributed by atoms with Gasteiger partial charge in [0, 0.05) is 12.5 Å². The Bertz CT molecular complexity index is 427. The van der Waals surface area contributed by atoms with Gasteiger partial charge in [0.2, 0.25) is 5.91 Å². The van der Waals surface area contributed by atoms with Crippen LogP contribution in [0.4, 0.5) is 0 Å². The first kappa shape index (κ1) is 13.9. The monoisotopic (exact) mass is 261 g/mol. The van der Waals surface area contributed by atoms with Crippen LogP contribution in [0.5, 0.6) is 5.75 Å². The third kappa shape index (κ3) is 4.58. The molecular formula is C16H23NO2. The van der Waals surface area contributed by atoms with Crippen LogP contribution in [-0.2, 0) is 4.79 Å². The zero-order valence-electron chi connectivity index (χ0n) is 11.8. The maximum absolute atomic E-state index is 11.7. The quantitative estimate of drug-likeness (QED) is 0.766. The Morgan fingerprint density at radius 3 is 2.84 bits per heavy atom. The van der Waals surface area contributed by atoms with Crippen LogP contribution in [0.2, 0.25) is 0 Å². The van der Waals surface area contributed by atoms with Gasteiger partial charge < -0.3 is 10.1 Å². The predicted octanol–water partition coefficient (Wildman–Crippen LogP) is 3.07. The zero-order valence-corrected chi connectivity index (χ0v) is 11.8. The summed E-state index contributed by atoms with van der Waals surface area (Å²) in [5, 5.41) is 3.06. The van der Waals surface area contributed by atoms with E-state index in [-0.39, 0.29) is 5.91 Å². The average molecular weight is 261 g/mol. The standard InChI is InChI=1S/C16H23NO2/c1-12-6-3-4-7-15(12)19-11-5-8-16(18)17-13(2)14-9-10-14/h3-4,6-7,13-14H,5,8-11H2,1-2H3,(H,17,18). The Hall–Kier alpha value is -1.51. The number of amides is 1. The van der Waals surface area contributed by atoms with Crippen molar-refractivity contribution in [3.63, 3.8) is 0 Å². The van der Waals surface area contributed by atoms with Crippen molar-refractivity contribution in [3.05, 3.63) is 29.8 Å². The summed E-state index contributed by atoms with van der Waals surface area (Å²) < 4.78 is 5.67. The normalized spacial score (nSPS) is 15.9. The number of ether oxygens (including phenoxy) is 1. The maximum Gasteiger partial charge on any atom is 0.220 e. The summed E-state index contributed by atoms with van der Waals surface area (Å²) in [6.07, 6.45) is 3.83. The van der Waals surface area contributed by atoms with Crippen LogP contribution in [0.1, 0.15) is 38.2 Å². The van der Waals surface area contributed by atoms with Crippen LogP contribution < -0.4 is 10.1 Å². The van der Waals surface area contributed by atoms with Crippen molar-refractivity contribution in [2.24, 2.45) is 5.92 Å².